The molecule has 1 saturated heterocycles. The van der Waals surface area contributed by atoms with Crippen molar-refractivity contribution in [2.45, 2.75) is 57.2 Å². The van der Waals surface area contributed by atoms with Crippen LogP contribution in [0.3, 0.4) is 0 Å². The smallest absolute Gasteiger partial charge is 0.358 e. The Morgan fingerprint density at radius 1 is 1.30 bits per heavy atom. The largest absolute Gasteiger partial charge is 0.486 e. The summed E-state index contributed by atoms with van der Waals surface area (Å²) in [7, 11) is 0. The molecule has 0 spiro atoms. The highest BCUT2D eigenvalue weighted by Gasteiger charge is 2.28. The van der Waals surface area contributed by atoms with Gasteiger partial charge in [0.15, 0.2) is 11.4 Å². The van der Waals surface area contributed by atoms with Gasteiger partial charge in [-0.15, -0.1) is 0 Å². The number of rotatable bonds is 4. The van der Waals surface area contributed by atoms with E-state index in [4.69, 9.17) is 4.74 Å². The van der Waals surface area contributed by atoms with Gasteiger partial charge in [-0.05, 0) is 45.1 Å². The number of aromatic carboxylic acids is 1. The molecule has 1 aromatic heterocycles. The lowest BCUT2D eigenvalue weighted by molar-refractivity contribution is 0.0667. The van der Waals surface area contributed by atoms with Gasteiger partial charge in [-0.2, -0.15) is 5.10 Å². The van der Waals surface area contributed by atoms with Gasteiger partial charge in [0, 0.05) is 0 Å². The fraction of sp³-hybridized carbons (Fsp3) is 0.714. The number of hydrogen-bond donors (Lipinski definition) is 2. The Hall–Kier alpha value is -1.56. The maximum atomic E-state index is 11.5. The van der Waals surface area contributed by atoms with E-state index in [0.717, 1.165) is 45.1 Å². The van der Waals surface area contributed by atoms with Crippen molar-refractivity contribution in [3.05, 3.63) is 11.9 Å². The van der Waals surface area contributed by atoms with E-state index in [9.17, 15) is 9.90 Å². The van der Waals surface area contributed by atoms with Crippen molar-refractivity contribution < 1.29 is 14.6 Å². The Kier molecular flexibility index (Phi) is 3.91. The minimum Gasteiger partial charge on any atom is -0.486 e. The summed E-state index contributed by atoms with van der Waals surface area (Å²) in [5.74, 6) is -0.555. The SMILES string of the molecule is O=C(O)c1c(OC2CCCCC2)cnn1C1CCCN1. The molecule has 6 heteroatoms. The van der Waals surface area contributed by atoms with Crippen molar-refractivity contribution in [2.24, 2.45) is 0 Å². The Morgan fingerprint density at radius 2 is 2.10 bits per heavy atom. The number of nitrogens with zero attached hydrogens (tertiary/aromatic N) is 2. The standard InChI is InChI=1S/C14H21N3O3/c18-14(19)13-11(20-10-5-2-1-3-6-10)9-16-17(13)12-7-4-8-15-12/h9-10,12,15H,1-8H2,(H,18,19). The molecule has 2 fully saturated rings. The van der Waals surface area contributed by atoms with Gasteiger partial charge in [0.25, 0.3) is 0 Å². The fourth-order valence-electron chi connectivity index (χ4n) is 3.11. The summed E-state index contributed by atoms with van der Waals surface area (Å²) in [6, 6.07) is 0. The van der Waals surface area contributed by atoms with Crippen LogP contribution < -0.4 is 10.1 Å². The zero-order valence-electron chi connectivity index (χ0n) is 11.5. The molecule has 1 atom stereocenters. The van der Waals surface area contributed by atoms with E-state index in [1.807, 2.05) is 0 Å². The number of aromatic nitrogens is 2. The average molecular weight is 279 g/mol. The fourth-order valence-corrected chi connectivity index (χ4v) is 3.11. The predicted molar refractivity (Wildman–Crippen MR) is 73.0 cm³/mol. The van der Waals surface area contributed by atoms with Crippen LogP contribution in [0.25, 0.3) is 0 Å². The third-order valence-electron chi connectivity index (χ3n) is 4.14. The number of carboxylic acid groups (broad SMARTS) is 1. The van der Waals surface area contributed by atoms with Gasteiger partial charge in [-0.3, -0.25) is 5.32 Å². The maximum Gasteiger partial charge on any atom is 0.358 e. The molecule has 1 saturated carbocycles. The van der Waals surface area contributed by atoms with Crippen molar-refractivity contribution in [3.63, 3.8) is 0 Å². The van der Waals surface area contributed by atoms with Crippen molar-refractivity contribution in [3.8, 4) is 5.75 Å². The predicted octanol–water partition coefficient (Wildman–Crippen LogP) is 2.17. The summed E-state index contributed by atoms with van der Waals surface area (Å²) in [5, 5.41) is 17.0. The zero-order valence-corrected chi connectivity index (χ0v) is 11.5. The molecule has 0 bridgehead atoms. The molecular weight excluding hydrogens is 258 g/mol. The van der Waals surface area contributed by atoms with Gasteiger partial charge in [0.05, 0.1) is 12.3 Å². The molecule has 2 heterocycles. The molecule has 1 unspecified atom stereocenters. The van der Waals surface area contributed by atoms with Crippen LogP contribution >= 0.6 is 0 Å². The van der Waals surface area contributed by atoms with E-state index in [2.05, 4.69) is 10.4 Å². The molecule has 0 amide bonds. The summed E-state index contributed by atoms with van der Waals surface area (Å²) in [6.07, 6.45) is 9.19. The van der Waals surface area contributed by atoms with Crippen molar-refractivity contribution in [2.75, 3.05) is 6.54 Å². The normalized spacial score (nSPS) is 23.9. The highest BCUT2D eigenvalue weighted by molar-refractivity contribution is 5.88. The zero-order chi connectivity index (χ0) is 13.9. The van der Waals surface area contributed by atoms with Crippen LogP contribution in [0.2, 0.25) is 0 Å². The maximum absolute atomic E-state index is 11.5. The molecule has 1 aliphatic carbocycles. The lowest BCUT2D eigenvalue weighted by Gasteiger charge is -2.22. The first-order valence-corrected chi connectivity index (χ1v) is 7.46. The highest BCUT2D eigenvalue weighted by Crippen LogP contribution is 2.28. The van der Waals surface area contributed by atoms with E-state index in [-0.39, 0.29) is 18.0 Å². The lowest BCUT2D eigenvalue weighted by atomic mass is 9.98. The quantitative estimate of drug-likeness (QED) is 0.883. The number of carboxylic acids is 1. The van der Waals surface area contributed by atoms with Crippen molar-refractivity contribution >= 4 is 5.97 Å². The summed E-state index contributed by atoms with van der Waals surface area (Å²) < 4.78 is 7.46. The molecule has 1 aromatic rings. The number of hydrogen-bond acceptors (Lipinski definition) is 4. The second-order valence-electron chi connectivity index (χ2n) is 5.60. The molecule has 20 heavy (non-hydrogen) atoms. The molecule has 2 N–H and O–H groups in total. The minimum absolute atomic E-state index is 0.0233. The molecular formula is C14H21N3O3. The van der Waals surface area contributed by atoms with Crippen LogP contribution in [0.5, 0.6) is 5.75 Å². The number of ether oxygens (including phenoxy) is 1. The van der Waals surface area contributed by atoms with Crippen LogP contribution in [0, 0.1) is 0 Å². The molecule has 1 aliphatic heterocycles. The summed E-state index contributed by atoms with van der Waals surface area (Å²) in [4.78, 5) is 11.5. The molecule has 0 radical (unpaired) electrons. The van der Waals surface area contributed by atoms with E-state index in [1.165, 1.54) is 6.42 Å². The lowest BCUT2D eigenvalue weighted by Crippen LogP contribution is -2.25. The van der Waals surface area contributed by atoms with Crippen molar-refractivity contribution in [1.82, 2.24) is 15.1 Å². The second kappa shape index (κ2) is 5.83. The monoisotopic (exact) mass is 279 g/mol. The van der Waals surface area contributed by atoms with Gasteiger partial charge in [0.1, 0.15) is 6.17 Å². The summed E-state index contributed by atoms with van der Waals surface area (Å²) in [6.45, 7) is 0.905. The number of carbonyl (C=O) groups is 1. The second-order valence-corrected chi connectivity index (χ2v) is 5.60. The van der Waals surface area contributed by atoms with Gasteiger partial charge in [0.2, 0.25) is 0 Å². The first kappa shape index (κ1) is 13.4. The van der Waals surface area contributed by atoms with Crippen LogP contribution in [-0.2, 0) is 0 Å². The van der Waals surface area contributed by atoms with Gasteiger partial charge < -0.3 is 9.84 Å². The molecule has 2 aliphatic rings. The molecule has 6 nitrogen and oxygen atoms in total. The third kappa shape index (κ3) is 2.65. The van der Waals surface area contributed by atoms with Crippen LogP contribution in [0.15, 0.2) is 6.20 Å². The number of nitrogens with one attached hydrogen (secondary N) is 1. The van der Waals surface area contributed by atoms with Crippen LogP contribution in [-0.4, -0.2) is 33.5 Å². The van der Waals surface area contributed by atoms with Gasteiger partial charge in [-0.25, -0.2) is 9.48 Å². The van der Waals surface area contributed by atoms with Gasteiger partial charge in [-0.1, -0.05) is 6.42 Å². The Morgan fingerprint density at radius 3 is 2.75 bits per heavy atom. The topological polar surface area (TPSA) is 76.4 Å². The first-order valence-electron chi connectivity index (χ1n) is 7.46. The minimum atomic E-state index is -0.970. The average Bonchev–Trinajstić information content (AvgIpc) is 3.08. The molecule has 0 aromatic carbocycles. The van der Waals surface area contributed by atoms with Crippen LogP contribution in [0.4, 0.5) is 0 Å². The molecule has 3 rings (SSSR count). The van der Waals surface area contributed by atoms with E-state index < -0.39 is 5.97 Å². The highest BCUT2D eigenvalue weighted by atomic mass is 16.5. The van der Waals surface area contributed by atoms with Gasteiger partial charge >= 0.3 is 5.97 Å². The Balaban J connectivity index is 1.80. The molecule has 110 valence electrons. The summed E-state index contributed by atoms with van der Waals surface area (Å²) in [5.41, 5.74) is 0.176. The van der Waals surface area contributed by atoms with E-state index in [1.54, 1.807) is 10.9 Å². The van der Waals surface area contributed by atoms with E-state index in [0.29, 0.717) is 5.75 Å². The Bertz CT molecular complexity index is 474. The van der Waals surface area contributed by atoms with Crippen molar-refractivity contribution in [1.29, 1.82) is 0 Å². The summed E-state index contributed by atoms with van der Waals surface area (Å²) >= 11 is 0. The Labute approximate surface area is 118 Å². The third-order valence-corrected chi connectivity index (χ3v) is 4.14. The first-order chi connectivity index (χ1) is 9.75. The van der Waals surface area contributed by atoms with Crippen LogP contribution in [0.1, 0.15) is 61.6 Å². The van der Waals surface area contributed by atoms with E-state index >= 15 is 0 Å².